The van der Waals surface area contributed by atoms with Gasteiger partial charge >= 0.3 is 0 Å². The Morgan fingerprint density at radius 2 is 2.12 bits per heavy atom. The number of nitrogens with zero attached hydrogens (tertiary/aromatic N) is 3. The molecule has 0 aliphatic heterocycles. The molecule has 24 heavy (non-hydrogen) atoms. The molecule has 6 nitrogen and oxygen atoms in total. The first-order chi connectivity index (χ1) is 11.6. The zero-order valence-corrected chi connectivity index (χ0v) is 15.2. The molecule has 0 amide bonds. The summed E-state index contributed by atoms with van der Waals surface area (Å²) < 4.78 is 7.44. The van der Waals surface area contributed by atoms with Crippen LogP contribution in [0.1, 0.15) is 12.6 Å². The number of rotatable bonds is 7. The molecule has 0 aliphatic rings. The third-order valence-corrected chi connectivity index (χ3v) is 4.04. The normalized spacial score (nSPS) is 11.4. The van der Waals surface area contributed by atoms with Crippen LogP contribution in [0.2, 0.25) is 10.0 Å². The first-order valence-corrected chi connectivity index (χ1v) is 8.43. The minimum atomic E-state index is 0.427. The van der Waals surface area contributed by atoms with E-state index in [4.69, 9.17) is 27.9 Å². The van der Waals surface area contributed by atoms with E-state index < -0.39 is 0 Å². The molecule has 0 unspecified atom stereocenters. The maximum absolute atomic E-state index is 6.08. The van der Waals surface area contributed by atoms with Crippen molar-refractivity contribution < 1.29 is 4.74 Å². The molecular formula is C16H21Cl2N5O. The maximum Gasteiger partial charge on any atom is 0.191 e. The van der Waals surface area contributed by atoms with Crippen LogP contribution in [0.5, 0.6) is 5.75 Å². The van der Waals surface area contributed by atoms with Gasteiger partial charge in [-0.2, -0.15) is 5.10 Å². The molecule has 1 aromatic heterocycles. The quantitative estimate of drug-likeness (QED) is 0.447. The lowest BCUT2D eigenvalue weighted by Crippen LogP contribution is -2.39. The van der Waals surface area contributed by atoms with Gasteiger partial charge in [0.2, 0.25) is 0 Å². The predicted octanol–water partition coefficient (Wildman–Crippen LogP) is 2.86. The number of hydrogen-bond donors (Lipinski definition) is 2. The first kappa shape index (κ1) is 18.4. The van der Waals surface area contributed by atoms with E-state index in [-0.39, 0.29) is 0 Å². The van der Waals surface area contributed by atoms with Crippen molar-refractivity contribution in [1.29, 1.82) is 0 Å². The fourth-order valence-electron chi connectivity index (χ4n) is 1.98. The van der Waals surface area contributed by atoms with Crippen LogP contribution in [0.3, 0.4) is 0 Å². The second-order valence-electron chi connectivity index (χ2n) is 4.97. The summed E-state index contributed by atoms with van der Waals surface area (Å²) in [4.78, 5) is 4.52. The van der Waals surface area contributed by atoms with E-state index in [1.165, 1.54) is 0 Å². The smallest absolute Gasteiger partial charge is 0.191 e. The van der Waals surface area contributed by atoms with E-state index in [1.54, 1.807) is 29.1 Å². The Hall–Kier alpha value is -1.92. The van der Waals surface area contributed by atoms with E-state index in [1.807, 2.05) is 20.0 Å². The maximum atomic E-state index is 6.08. The van der Waals surface area contributed by atoms with E-state index in [2.05, 4.69) is 20.7 Å². The van der Waals surface area contributed by atoms with Gasteiger partial charge in [-0.25, -0.2) is 4.99 Å². The molecule has 8 heteroatoms. The highest BCUT2D eigenvalue weighted by Crippen LogP contribution is 2.31. The summed E-state index contributed by atoms with van der Waals surface area (Å²) in [6.07, 6.45) is 1.76. The van der Waals surface area contributed by atoms with Gasteiger partial charge < -0.3 is 15.4 Å². The molecule has 0 fully saturated rings. The number of aliphatic imine (C=N–C) groups is 1. The number of nitrogens with one attached hydrogen (secondary N) is 2. The van der Waals surface area contributed by atoms with Crippen molar-refractivity contribution in [1.82, 2.24) is 20.4 Å². The monoisotopic (exact) mass is 369 g/mol. The summed E-state index contributed by atoms with van der Waals surface area (Å²) in [7, 11) is 1.90. The summed E-state index contributed by atoms with van der Waals surface area (Å²) in [5.41, 5.74) is 1.04. The Morgan fingerprint density at radius 1 is 1.29 bits per heavy atom. The van der Waals surface area contributed by atoms with Crippen molar-refractivity contribution in [2.45, 2.75) is 13.5 Å². The second kappa shape index (κ2) is 9.39. The number of benzene rings is 1. The van der Waals surface area contributed by atoms with Crippen LogP contribution in [-0.4, -0.2) is 35.4 Å². The van der Waals surface area contributed by atoms with Crippen molar-refractivity contribution in [2.75, 3.05) is 19.7 Å². The first-order valence-electron chi connectivity index (χ1n) is 7.67. The molecule has 1 heterocycles. The van der Waals surface area contributed by atoms with Gasteiger partial charge in [-0.1, -0.05) is 29.3 Å². The number of ether oxygens (including phenoxy) is 1. The van der Waals surface area contributed by atoms with Gasteiger partial charge in [0.15, 0.2) is 5.96 Å². The largest absolute Gasteiger partial charge is 0.490 e. The molecule has 0 aliphatic carbocycles. The number of aryl methyl sites for hydroxylation is 1. The molecule has 2 aromatic rings. The van der Waals surface area contributed by atoms with Gasteiger partial charge in [-0.05, 0) is 25.1 Å². The third kappa shape index (κ3) is 5.32. The highest BCUT2D eigenvalue weighted by atomic mass is 35.5. The zero-order valence-electron chi connectivity index (χ0n) is 13.7. The molecule has 0 atom stereocenters. The van der Waals surface area contributed by atoms with Gasteiger partial charge in [0.25, 0.3) is 0 Å². The number of halogens is 2. The molecule has 0 radical (unpaired) electrons. The lowest BCUT2D eigenvalue weighted by molar-refractivity contribution is 0.322. The van der Waals surface area contributed by atoms with Crippen LogP contribution >= 0.6 is 23.2 Å². The van der Waals surface area contributed by atoms with Crippen molar-refractivity contribution in [3.05, 3.63) is 46.2 Å². The van der Waals surface area contributed by atoms with Crippen LogP contribution in [0, 0.1) is 0 Å². The Morgan fingerprint density at radius 3 is 2.83 bits per heavy atom. The summed E-state index contributed by atoms with van der Waals surface area (Å²) in [5.74, 6) is 1.29. The third-order valence-electron chi connectivity index (χ3n) is 3.23. The predicted molar refractivity (Wildman–Crippen MR) is 98.0 cm³/mol. The number of guanidine groups is 1. The minimum Gasteiger partial charge on any atom is -0.490 e. The van der Waals surface area contributed by atoms with Gasteiger partial charge in [0.05, 0.1) is 23.8 Å². The molecule has 2 rings (SSSR count). The van der Waals surface area contributed by atoms with Crippen LogP contribution in [0.15, 0.2) is 35.5 Å². The van der Waals surface area contributed by atoms with Crippen molar-refractivity contribution >= 4 is 29.2 Å². The SMILES string of the molecule is CCNC(=NCc1ccnn1C)NCCOc1cccc(Cl)c1Cl. The average Bonchev–Trinajstić information content (AvgIpc) is 2.98. The molecule has 0 saturated heterocycles. The van der Waals surface area contributed by atoms with Crippen LogP contribution in [-0.2, 0) is 13.6 Å². The second-order valence-corrected chi connectivity index (χ2v) is 5.75. The summed E-state index contributed by atoms with van der Waals surface area (Å²) in [5, 5.41) is 11.4. The summed E-state index contributed by atoms with van der Waals surface area (Å²) in [6, 6.07) is 7.26. The molecule has 1 aromatic carbocycles. The molecular weight excluding hydrogens is 349 g/mol. The minimum absolute atomic E-state index is 0.427. The Bertz CT molecular complexity index is 687. The van der Waals surface area contributed by atoms with Gasteiger partial charge in [0.1, 0.15) is 17.4 Å². The highest BCUT2D eigenvalue weighted by molar-refractivity contribution is 6.42. The summed E-state index contributed by atoms with van der Waals surface area (Å²) >= 11 is 12.0. The zero-order chi connectivity index (χ0) is 17.4. The Balaban J connectivity index is 1.83. The van der Waals surface area contributed by atoms with Crippen molar-refractivity contribution in [3.8, 4) is 5.75 Å². The van der Waals surface area contributed by atoms with E-state index >= 15 is 0 Å². The number of aromatic nitrogens is 2. The molecule has 0 saturated carbocycles. The molecule has 130 valence electrons. The van der Waals surface area contributed by atoms with Crippen molar-refractivity contribution in [2.24, 2.45) is 12.0 Å². The van der Waals surface area contributed by atoms with Gasteiger partial charge in [-0.15, -0.1) is 0 Å². The Labute approximate surface area is 151 Å². The topological polar surface area (TPSA) is 63.5 Å². The van der Waals surface area contributed by atoms with Crippen LogP contribution in [0.25, 0.3) is 0 Å². The standard InChI is InChI=1S/C16H21Cl2N5O/c1-3-19-16(21-11-12-7-8-22-23(12)2)20-9-10-24-14-6-4-5-13(17)15(14)18/h4-8H,3,9-11H2,1-2H3,(H2,19,20,21). The van der Waals surface area contributed by atoms with Gasteiger partial charge in [-0.3, -0.25) is 4.68 Å². The fraction of sp³-hybridized carbons (Fsp3) is 0.375. The van der Waals surface area contributed by atoms with E-state index in [0.29, 0.717) is 35.5 Å². The van der Waals surface area contributed by atoms with Gasteiger partial charge in [0, 0.05) is 19.8 Å². The average molecular weight is 370 g/mol. The summed E-state index contributed by atoms with van der Waals surface area (Å²) in [6.45, 7) is 4.37. The molecule has 0 spiro atoms. The van der Waals surface area contributed by atoms with Crippen LogP contribution in [0.4, 0.5) is 0 Å². The fourth-order valence-corrected chi connectivity index (χ4v) is 2.33. The molecule has 0 bridgehead atoms. The lowest BCUT2D eigenvalue weighted by atomic mass is 10.3. The van der Waals surface area contributed by atoms with Crippen LogP contribution < -0.4 is 15.4 Å². The lowest BCUT2D eigenvalue weighted by Gasteiger charge is -2.13. The molecule has 2 N–H and O–H groups in total. The number of hydrogen-bond acceptors (Lipinski definition) is 3. The van der Waals surface area contributed by atoms with Crippen molar-refractivity contribution in [3.63, 3.8) is 0 Å². The van der Waals surface area contributed by atoms with E-state index in [9.17, 15) is 0 Å². The van der Waals surface area contributed by atoms with E-state index in [0.717, 1.165) is 18.2 Å². The highest BCUT2D eigenvalue weighted by Gasteiger charge is 2.05. The Kier molecular flexibility index (Phi) is 7.21.